The van der Waals surface area contributed by atoms with E-state index in [0.29, 0.717) is 61.0 Å². The second-order valence-corrected chi connectivity index (χ2v) is 9.57. The fourth-order valence-corrected chi connectivity index (χ4v) is 4.96. The summed E-state index contributed by atoms with van der Waals surface area (Å²) >= 11 is 0. The molecule has 2 aliphatic heterocycles. The van der Waals surface area contributed by atoms with E-state index in [0.717, 1.165) is 5.56 Å². The van der Waals surface area contributed by atoms with E-state index >= 15 is 0 Å². The molecule has 2 heterocycles. The van der Waals surface area contributed by atoms with Crippen molar-refractivity contribution in [2.45, 2.75) is 63.9 Å². The normalized spacial score (nSPS) is 21.2. The van der Waals surface area contributed by atoms with Crippen molar-refractivity contribution < 1.29 is 38.1 Å². The Labute approximate surface area is 221 Å². The lowest BCUT2D eigenvalue weighted by Crippen LogP contribution is -2.24. The lowest BCUT2D eigenvalue weighted by molar-refractivity contribution is -0.135. The van der Waals surface area contributed by atoms with E-state index in [2.05, 4.69) is 0 Å². The van der Waals surface area contributed by atoms with Gasteiger partial charge in [-0.1, -0.05) is 24.3 Å². The number of Topliss-reactive ketones (excluding diaryl/α,β-unsaturated/α-hetero) is 1. The predicted molar refractivity (Wildman–Crippen MR) is 139 cm³/mol. The Balaban J connectivity index is 1.82. The lowest BCUT2D eigenvalue weighted by Gasteiger charge is -2.29. The van der Waals surface area contributed by atoms with Gasteiger partial charge >= 0.3 is 17.9 Å². The molecule has 0 aliphatic carbocycles. The molecule has 4 rings (SSSR count). The molecule has 0 spiro atoms. The number of carbonyl (C=O) groups excluding carboxylic acids is 4. The molecule has 2 aromatic rings. The molecule has 0 aromatic heterocycles. The molecular formula is C30H32O8. The van der Waals surface area contributed by atoms with Gasteiger partial charge in [0.05, 0.1) is 32.3 Å². The number of cyclic esters (lactones) is 1. The van der Waals surface area contributed by atoms with Crippen LogP contribution in [0, 0.1) is 0 Å². The average molecular weight is 521 g/mol. The minimum absolute atomic E-state index is 0.0367. The Bertz CT molecular complexity index is 1260. The third kappa shape index (κ3) is 5.96. The number of hydrogen-bond donors (Lipinski definition) is 0. The third-order valence-electron chi connectivity index (χ3n) is 6.90. The zero-order valence-electron chi connectivity index (χ0n) is 21.9. The van der Waals surface area contributed by atoms with Crippen LogP contribution >= 0.6 is 0 Å². The maximum Gasteiger partial charge on any atom is 0.342 e. The number of ether oxygens (including phenoxy) is 4. The van der Waals surface area contributed by atoms with Gasteiger partial charge in [-0.25, -0.2) is 9.59 Å². The summed E-state index contributed by atoms with van der Waals surface area (Å²) in [6, 6.07) is 8.45. The maximum absolute atomic E-state index is 13.5. The molecule has 0 amide bonds. The number of esters is 3. The summed E-state index contributed by atoms with van der Waals surface area (Å²) in [5, 5.41) is 0. The van der Waals surface area contributed by atoms with Crippen LogP contribution in [-0.2, 0) is 19.1 Å². The summed E-state index contributed by atoms with van der Waals surface area (Å²) in [6.07, 6.45) is 6.89. The first-order chi connectivity index (χ1) is 18.3. The Hall–Kier alpha value is -3.94. The van der Waals surface area contributed by atoms with Crippen molar-refractivity contribution in [3.63, 3.8) is 0 Å². The monoisotopic (exact) mass is 520 g/mol. The molecular weight excluding hydrogens is 488 g/mol. The zero-order chi connectivity index (χ0) is 27.2. The predicted octanol–water partition coefficient (Wildman–Crippen LogP) is 5.40. The van der Waals surface area contributed by atoms with E-state index in [1.165, 1.54) is 14.2 Å². The standard InChI is InChI=1S/C30H32O8/c1-18-8-7-11-22(31)10-6-4-5-9-21-16-24-27(28(35-2)26(21)30(34)37-18)23(17-25(32)38-24)19-12-14-20(15-13-19)29(33)36-3/h5,9,12-16,18,23H,4,6-8,10-11,17H2,1-3H3/b9-5+/t18-,23?/m0/s1. The molecule has 8 heteroatoms. The zero-order valence-corrected chi connectivity index (χ0v) is 21.9. The highest BCUT2D eigenvalue weighted by Gasteiger charge is 2.36. The molecule has 0 radical (unpaired) electrons. The first-order valence-corrected chi connectivity index (χ1v) is 12.9. The van der Waals surface area contributed by atoms with Crippen molar-refractivity contribution in [2.75, 3.05) is 14.2 Å². The first kappa shape index (κ1) is 27.1. The number of hydrogen-bond acceptors (Lipinski definition) is 8. The minimum atomic E-state index is -0.545. The quantitative estimate of drug-likeness (QED) is 0.391. The van der Waals surface area contributed by atoms with Crippen LogP contribution in [0.15, 0.2) is 36.4 Å². The van der Waals surface area contributed by atoms with Gasteiger partial charge in [-0.3, -0.25) is 9.59 Å². The van der Waals surface area contributed by atoms with Crippen LogP contribution in [0.3, 0.4) is 0 Å². The van der Waals surface area contributed by atoms with E-state index in [-0.39, 0.29) is 23.5 Å². The highest BCUT2D eigenvalue weighted by molar-refractivity contribution is 5.99. The summed E-state index contributed by atoms with van der Waals surface area (Å²) in [5.41, 5.74) is 2.49. The summed E-state index contributed by atoms with van der Waals surface area (Å²) < 4.78 is 22.0. The second-order valence-electron chi connectivity index (χ2n) is 9.57. The van der Waals surface area contributed by atoms with E-state index in [1.807, 2.05) is 13.0 Å². The van der Waals surface area contributed by atoms with Gasteiger partial charge in [0.1, 0.15) is 22.8 Å². The van der Waals surface area contributed by atoms with Gasteiger partial charge < -0.3 is 18.9 Å². The smallest absolute Gasteiger partial charge is 0.342 e. The molecule has 0 bridgehead atoms. The fourth-order valence-electron chi connectivity index (χ4n) is 4.96. The van der Waals surface area contributed by atoms with Gasteiger partial charge in [0.15, 0.2) is 0 Å². The lowest BCUT2D eigenvalue weighted by atomic mass is 9.83. The molecule has 0 saturated heterocycles. The number of carbonyl (C=O) groups is 4. The van der Waals surface area contributed by atoms with Crippen molar-refractivity contribution in [1.82, 2.24) is 0 Å². The van der Waals surface area contributed by atoms with Gasteiger partial charge in [0.25, 0.3) is 0 Å². The van der Waals surface area contributed by atoms with Crippen molar-refractivity contribution in [2.24, 2.45) is 0 Å². The van der Waals surface area contributed by atoms with Crippen molar-refractivity contribution in [1.29, 1.82) is 0 Å². The second kappa shape index (κ2) is 12.1. The summed E-state index contributed by atoms with van der Waals surface area (Å²) in [6.45, 7) is 1.81. The Morgan fingerprint density at radius 3 is 2.47 bits per heavy atom. The number of allylic oxidation sites excluding steroid dienone is 1. The third-order valence-corrected chi connectivity index (χ3v) is 6.90. The SMILES string of the molecule is COC(=O)c1ccc(C2CC(=O)Oc3cc4c(c(OC)c32)C(=O)O[C@@H](C)CCCC(=O)CCC/C=C/4)cc1. The summed E-state index contributed by atoms with van der Waals surface area (Å²) in [5.74, 6) is -1.08. The van der Waals surface area contributed by atoms with Crippen molar-refractivity contribution in [3.8, 4) is 11.5 Å². The Morgan fingerprint density at radius 1 is 1.03 bits per heavy atom. The van der Waals surface area contributed by atoms with Crippen molar-refractivity contribution in [3.05, 3.63) is 64.2 Å². The van der Waals surface area contributed by atoms with Crippen LogP contribution in [0.2, 0.25) is 0 Å². The van der Waals surface area contributed by atoms with Crippen LogP contribution in [0.5, 0.6) is 11.5 Å². The molecule has 2 aliphatic rings. The Kier molecular flexibility index (Phi) is 8.61. The highest BCUT2D eigenvalue weighted by Crippen LogP contribution is 2.47. The van der Waals surface area contributed by atoms with E-state index in [4.69, 9.17) is 18.9 Å². The molecule has 0 fully saturated rings. The fraction of sp³-hybridized carbons (Fsp3) is 0.400. The minimum Gasteiger partial charge on any atom is -0.495 e. The summed E-state index contributed by atoms with van der Waals surface area (Å²) in [7, 11) is 2.79. The molecule has 2 aromatic carbocycles. The number of fused-ring (bicyclic) bond motifs is 2. The van der Waals surface area contributed by atoms with Gasteiger partial charge in [-0.15, -0.1) is 0 Å². The molecule has 2 atom stereocenters. The molecule has 0 saturated carbocycles. The summed E-state index contributed by atoms with van der Waals surface area (Å²) in [4.78, 5) is 50.1. The molecule has 1 unspecified atom stereocenters. The van der Waals surface area contributed by atoms with E-state index in [1.54, 1.807) is 36.4 Å². The maximum atomic E-state index is 13.5. The van der Waals surface area contributed by atoms with Crippen LogP contribution in [0.1, 0.15) is 95.2 Å². The number of benzene rings is 2. The molecule has 0 N–H and O–H groups in total. The van der Waals surface area contributed by atoms with Crippen LogP contribution in [-0.4, -0.2) is 44.0 Å². The number of rotatable bonds is 3. The van der Waals surface area contributed by atoms with Crippen molar-refractivity contribution >= 4 is 29.8 Å². The van der Waals surface area contributed by atoms with Gasteiger partial charge in [-0.2, -0.15) is 0 Å². The topological polar surface area (TPSA) is 105 Å². The number of methoxy groups -OCH3 is 2. The van der Waals surface area contributed by atoms with Gasteiger partial charge in [0.2, 0.25) is 0 Å². The van der Waals surface area contributed by atoms with Crippen LogP contribution in [0.25, 0.3) is 6.08 Å². The Morgan fingerprint density at radius 2 is 1.76 bits per heavy atom. The van der Waals surface area contributed by atoms with Crippen LogP contribution in [0.4, 0.5) is 0 Å². The molecule has 200 valence electrons. The van der Waals surface area contributed by atoms with E-state index < -0.39 is 29.9 Å². The van der Waals surface area contributed by atoms with E-state index in [9.17, 15) is 19.2 Å². The first-order valence-electron chi connectivity index (χ1n) is 12.9. The average Bonchev–Trinajstić information content (AvgIpc) is 2.90. The van der Waals surface area contributed by atoms with Crippen LogP contribution < -0.4 is 9.47 Å². The number of ketones is 1. The van der Waals surface area contributed by atoms with Gasteiger partial charge in [0, 0.05) is 24.3 Å². The molecule has 8 nitrogen and oxygen atoms in total. The highest BCUT2D eigenvalue weighted by atomic mass is 16.5. The molecule has 38 heavy (non-hydrogen) atoms. The largest absolute Gasteiger partial charge is 0.495 e. The van der Waals surface area contributed by atoms with Gasteiger partial charge in [-0.05, 0) is 61.9 Å².